The van der Waals surface area contributed by atoms with Crippen molar-refractivity contribution in [3.05, 3.63) is 95.0 Å². The van der Waals surface area contributed by atoms with Crippen molar-refractivity contribution in [3.8, 4) is 5.75 Å². The van der Waals surface area contributed by atoms with Crippen LogP contribution >= 0.6 is 11.6 Å². The summed E-state index contributed by atoms with van der Waals surface area (Å²) in [5, 5.41) is 3.43. The van der Waals surface area contributed by atoms with Gasteiger partial charge in [-0.05, 0) is 47.5 Å². The molecule has 0 aliphatic heterocycles. The van der Waals surface area contributed by atoms with E-state index in [1.54, 1.807) is 24.4 Å². The summed E-state index contributed by atoms with van der Waals surface area (Å²) in [6.45, 7) is 0.459. The van der Waals surface area contributed by atoms with Crippen molar-refractivity contribution in [2.75, 3.05) is 6.61 Å². The maximum Gasteiger partial charge on any atom is 0.258 e. The predicted octanol–water partition coefficient (Wildman–Crippen LogP) is 4.79. The van der Waals surface area contributed by atoms with Gasteiger partial charge in [0.25, 0.3) is 5.91 Å². The first-order valence-electron chi connectivity index (χ1n) is 8.53. The van der Waals surface area contributed by atoms with Crippen molar-refractivity contribution in [2.24, 2.45) is 4.99 Å². The van der Waals surface area contributed by atoms with Crippen molar-refractivity contribution < 1.29 is 9.53 Å². The van der Waals surface area contributed by atoms with Crippen LogP contribution in [0.25, 0.3) is 0 Å². The predicted molar refractivity (Wildman–Crippen MR) is 109 cm³/mol. The summed E-state index contributed by atoms with van der Waals surface area (Å²) < 4.78 is 5.52. The van der Waals surface area contributed by atoms with Crippen molar-refractivity contribution in [1.82, 2.24) is 5.32 Å². The molecule has 0 heterocycles. The lowest BCUT2D eigenvalue weighted by atomic mass is 10.2. The average Bonchev–Trinajstić information content (AvgIpc) is 2.72. The Bertz CT molecular complexity index is 909. The van der Waals surface area contributed by atoms with Crippen LogP contribution in [0.5, 0.6) is 5.75 Å². The number of aliphatic imine (C=N–C) groups is 1. The average molecular weight is 379 g/mol. The number of carbonyl (C=O) groups excluding carboxylic acids is 1. The van der Waals surface area contributed by atoms with Crippen molar-refractivity contribution in [1.29, 1.82) is 0 Å². The standard InChI is InChI=1S/C22H19ClN2O2/c23-20-8-4-5-9-21(20)24-14-18-10-12-19(13-11-18)27-16-22(26)25-15-17-6-2-1-3-7-17/h1-14H,15-16H2,(H,25,26). The van der Waals surface area contributed by atoms with E-state index in [1.165, 1.54) is 0 Å². The molecular formula is C22H19ClN2O2. The number of hydrogen-bond acceptors (Lipinski definition) is 3. The van der Waals surface area contributed by atoms with Crippen LogP contribution < -0.4 is 10.1 Å². The van der Waals surface area contributed by atoms with Gasteiger partial charge >= 0.3 is 0 Å². The van der Waals surface area contributed by atoms with E-state index in [4.69, 9.17) is 16.3 Å². The van der Waals surface area contributed by atoms with Crippen LogP contribution in [0.4, 0.5) is 5.69 Å². The molecule has 0 unspecified atom stereocenters. The summed E-state index contributed by atoms with van der Waals surface area (Å²) in [4.78, 5) is 16.2. The van der Waals surface area contributed by atoms with Crippen LogP contribution in [0.15, 0.2) is 83.9 Å². The monoisotopic (exact) mass is 378 g/mol. The van der Waals surface area contributed by atoms with Gasteiger partial charge in [0.1, 0.15) is 5.75 Å². The number of nitrogens with one attached hydrogen (secondary N) is 1. The number of para-hydroxylation sites is 1. The van der Waals surface area contributed by atoms with Crippen LogP contribution in [0.1, 0.15) is 11.1 Å². The highest BCUT2D eigenvalue weighted by Crippen LogP contribution is 2.23. The van der Waals surface area contributed by atoms with E-state index in [0.29, 0.717) is 17.3 Å². The Morgan fingerprint density at radius 1 is 0.963 bits per heavy atom. The van der Waals surface area contributed by atoms with Gasteiger partial charge in [-0.15, -0.1) is 0 Å². The van der Waals surface area contributed by atoms with E-state index >= 15 is 0 Å². The zero-order chi connectivity index (χ0) is 18.9. The Morgan fingerprint density at radius 2 is 1.67 bits per heavy atom. The fourth-order valence-electron chi connectivity index (χ4n) is 2.35. The van der Waals surface area contributed by atoms with Gasteiger partial charge in [-0.1, -0.05) is 54.1 Å². The Morgan fingerprint density at radius 3 is 2.41 bits per heavy atom. The van der Waals surface area contributed by atoms with E-state index in [2.05, 4.69) is 10.3 Å². The molecule has 0 aliphatic carbocycles. The van der Waals surface area contributed by atoms with Crippen LogP contribution in [-0.4, -0.2) is 18.7 Å². The summed E-state index contributed by atoms with van der Waals surface area (Å²) in [6.07, 6.45) is 1.73. The second-order valence-electron chi connectivity index (χ2n) is 5.83. The summed E-state index contributed by atoms with van der Waals surface area (Å²) in [5.74, 6) is 0.461. The van der Waals surface area contributed by atoms with E-state index in [9.17, 15) is 4.79 Å². The van der Waals surface area contributed by atoms with E-state index < -0.39 is 0 Å². The highest BCUT2D eigenvalue weighted by atomic mass is 35.5. The van der Waals surface area contributed by atoms with Gasteiger partial charge in [-0.2, -0.15) is 0 Å². The van der Waals surface area contributed by atoms with Gasteiger partial charge in [0.2, 0.25) is 0 Å². The SMILES string of the molecule is O=C(COc1ccc(C=Nc2ccccc2Cl)cc1)NCc1ccccc1. The third kappa shape index (κ3) is 5.97. The third-order valence-corrected chi connectivity index (χ3v) is 4.11. The molecule has 1 amide bonds. The van der Waals surface area contributed by atoms with Gasteiger partial charge in [0, 0.05) is 12.8 Å². The van der Waals surface area contributed by atoms with Gasteiger partial charge in [-0.25, -0.2) is 0 Å². The molecule has 3 rings (SSSR count). The highest BCUT2D eigenvalue weighted by Gasteiger charge is 2.03. The van der Waals surface area contributed by atoms with Crippen molar-refractivity contribution in [3.63, 3.8) is 0 Å². The minimum absolute atomic E-state index is 0.0279. The van der Waals surface area contributed by atoms with Gasteiger partial charge < -0.3 is 10.1 Å². The molecule has 0 fully saturated rings. The minimum atomic E-state index is -0.164. The molecular weight excluding hydrogens is 360 g/mol. The summed E-state index contributed by atoms with van der Waals surface area (Å²) in [6, 6.07) is 24.5. The molecule has 0 aliphatic rings. The molecule has 136 valence electrons. The molecule has 4 nitrogen and oxygen atoms in total. The summed E-state index contributed by atoms with van der Waals surface area (Å²) in [7, 11) is 0. The first-order valence-corrected chi connectivity index (χ1v) is 8.90. The van der Waals surface area contributed by atoms with Crippen molar-refractivity contribution >= 4 is 29.4 Å². The molecule has 0 saturated heterocycles. The number of halogens is 1. The molecule has 3 aromatic carbocycles. The van der Waals surface area contributed by atoms with Gasteiger partial charge in [0.05, 0.1) is 10.7 Å². The van der Waals surface area contributed by atoms with Crippen LogP contribution in [0.3, 0.4) is 0 Å². The second-order valence-corrected chi connectivity index (χ2v) is 6.24. The maximum atomic E-state index is 11.9. The second kappa shape index (κ2) is 9.55. The molecule has 5 heteroatoms. The first-order chi connectivity index (χ1) is 13.2. The fourth-order valence-corrected chi connectivity index (χ4v) is 2.53. The lowest BCUT2D eigenvalue weighted by Crippen LogP contribution is -2.28. The molecule has 0 radical (unpaired) electrons. The molecule has 0 saturated carbocycles. The molecule has 0 bridgehead atoms. The Balaban J connectivity index is 1.47. The Labute approximate surface area is 163 Å². The van der Waals surface area contributed by atoms with E-state index in [1.807, 2.05) is 60.7 Å². The number of rotatable bonds is 7. The number of amides is 1. The van der Waals surface area contributed by atoms with Crippen LogP contribution in [0, 0.1) is 0 Å². The summed E-state index contributed by atoms with van der Waals surface area (Å²) >= 11 is 6.08. The van der Waals surface area contributed by atoms with Crippen LogP contribution in [-0.2, 0) is 11.3 Å². The van der Waals surface area contributed by atoms with Crippen LogP contribution in [0.2, 0.25) is 5.02 Å². The molecule has 1 N–H and O–H groups in total. The van der Waals surface area contributed by atoms with Crippen molar-refractivity contribution in [2.45, 2.75) is 6.54 Å². The first kappa shape index (κ1) is 18.7. The number of hydrogen-bond donors (Lipinski definition) is 1. The quantitative estimate of drug-likeness (QED) is 0.601. The smallest absolute Gasteiger partial charge is 0.258 e. The molecule has 0 spiro atoms. The van der Waals surface area contributed by atoms with E-state index in [-0.39, 0.29) is 12.5 Å². The molecule has 0 aromatic heterocycles. The third-order valence-electron chi connectivity index (χ3n) is 3.79. The van der Waals surface area contributed by atoms with Gasteiger partial charge in [0.15, 0.2) is 6.61 Å². The number of carbonyl (C=O) groups is 1. The molecule has 3 aromatic rings. The maximum absolute atomic E-state index is 11.9. The fraction of sp³-hybridized carbons (Fsp3) is 0.0909. The zero-order valence-corrected chi connectivity index (χ0v) is 15.4. The lowest BCUT2D eigenvalue weighted by molar-refractivity contribution is -0.123. The summed E-state index contributed by atoms with van der Waals surface area (Å²) in [5.41, 5.74) is 2.68. The largest absolute Gasteiger partial charge is 0.484 e. The Kier molecular flexibility index (Phi) is 6.61. The Hall–Kier alpha value is -3.11. The van der Waals surface area contributed by atoms with E-state index in [0.717, 1.165) is 16.8 Å². The van der Waals surface area contributed by atoms with Gasteiger partial charge in [-0.3, -0.25) is 9.79 Å². The number of ether oxygens (including phenoxy) is 1. The lowest BCUT2D eigenvalue weighted by Gasteiger charge is -2.08. The number of benzene rings is 3. The topological polar surface area (TPSA) is 50.7 Å². The zero-order valence-electron chi connectivity index (χ0n) is 14.6. The highest BCUT2D eigenvalue weighted by molar-refractivity contribution is 6.33. The molecule has 27 heavy (non-hydrogen) atoms. The normalized spacial score (nSPS) is 10.7. The number of nitrogens with zero attached hydrogens (tertiary/aromatic N) is 1. The molecule has 0 atom stereocenters. The minimum Gasteiger partial charge on any atom is -0.484 e.